The van der Waals surface area contributed by atoms with E-state index in [1.165, 1.54) is 12.1 Å². The van der Waals surface area contributed by atoms with Crippen molar-refractivity contribution in [3.8, 4) is 5.75 Å². The first kappa shape index (κ1) is 13.3. The normalized spacial score (nSPS) is 11.6. The second kappa shape index (κ2) is 5.01. The monoisotopic (exact) mass is 293 g/mol. The average molecular weight is 293 g/mol. The molecule has 0 unspecified atom stereocenters. The van der Waals surface area contributed by atoms with Gasteiger partial charge in [0.1, 0.15) is 5.65 Å². The molecule has 0 aliphatic rings. The second-order valence-corrected chi connectivity index (χ2v) is 4.33. The van der Waals surface area contributed by atoms with E-state index in [-0.39, 0.29) is 5.69 Å². The lowest BCUT2D eigenvalue weighted by atomic mass is 10.2. The van der Waals surface area contributed by atoms with Gasteiger partial charge in [-0.2, -0.15) is 13.2 Å². The standard InChI is InChI=1S/C14H10F3N3O/c15-14(16,17)9-2-1-3-10(8-9)20-21-12-5-7-19-13-11(12)4-6-18-13/h1-8,20H,(H,18,19). The Balaban J connectivity index is 1.80. The van der Waals surface area contributed by atoms with E-state index in [0.717, 1.165) is 17.5 Å². The molecule has 3 rings (SSSR count). The van der Waals surface area contributed by atoms with Crippen molar-refractivity contribution in [2.45, 2.75) is 6.18 Å². The van der Waals surface area contributed by atoms with Crippen molar-refractivity contribution in [3.05, 3.63) is 54.4 Å². The minimum absolute atomic E-state index is 0.213. The molecule has 0 amide bonds. The molecule has 2 N–H and O–H groups in total. The maximum Gasteiger partial charge on any atom is 0.416 e. The molecule has 0 atom stereocenters. The van der Waals surface area contributed by atoms with Crippen molar-refractivity contribution < 1.29 is 18.0 Å². The summed E-state index contributed by atoms with van der Waals surface area (Å²) >= 11 is 0. The van der Waals surface area contributed by atoms with Crippen LogP contribution >= 0.6 is 0 Å². The molecule has 2 heterocycles. The molecule has 4 nitrogen and oxygen atoms in total. The van der Waals surface area contributed by atoms with Crippen LogP contribution in [0.25, 0.3) is 11.0 Å². The number of halogens is 3. The highest BCUT2D eigenvalue weighted by atomic mass is 19.4. The zero-order chi connectivity index (χ0) is 14.9. The van der Waals surface area contributed by atoms with Gasteiger partial charge in [-0.25, -0.2) is 10.5 Å². The van der Waals surface area contributed by atoms with Crippen LogP contribution in [0, 0.1) is 0 Å². The summed E-state index contributed by atoms with van der Waals surface area (Å²) in [5.41, 5.74) is 2.63. The summed E-state index contributed by atoms with van der Waals surface area (Å²) in [4.78, 5) is 12.4. The van der Waals surface area contributed by atoms with E-state index in [0.29, 0.717) is 11.4 Å². The molecule has 0 fully saturated rings. The average Bonchev–Trinajstić information content (AvgIpc) is 2.93. The summed E-state index contributed by atoms with van der Waals surface area (Å²) in [6, 6.07) is 8.18. The molecule has 21 heavy (non-hydrogen) atoms. The van der Waals surface area contributed by atoms with E-state index in [1.807, 2.05) is 0 Å². The smallest absolute Gasteiger partial charge is 0.381 e. The van der Waals surface area contributed by atoms with Crippen LogP contribution < -0.4 is 10.3 Å². The summed E-state index contributed by atoms with van der Waals surface area (Å²) < 4.78 is 37.9. The van der Waals surface area contributed by atoms with Crippen LogP contribution in [0.15, 0.2) is 48.8 Å². The lowest BCUT2D eigenvalue weighted by Crippen LogP contribution is -2.08. The molecule has 0 aliphatic heterocycles. The molecular formula is C14H10F3N3O. The number of hydrogen-bond donors (Lipinski definition) is 2. The van der Waals surface area contributed by atoms with E-state index < -0.39 is 11.7 Å². The third-order valence-corrected chi connectivity index (χ3v) is 2.89. The number of H-pyrrole nitrogens is 1. The highest BCUT2D eigenvalue weighted by molar-refractivity contribution is 5.82. The lowest BCUT2D eigenvalue weighted by Gasteiger charge is -2.11. The number of aromatic amines is 1. The number of rotatable bonds is 3. The molecule has 0 spiro atoms. The molecule has 108 valence electrons. The van der Waals surface area contributed by atoms with Gasteiger partial charge in [0.25, 0.3) is 0 Å². The second-order valence-electron chi connectivity index (χ2n) is 4.33. The van der Waals surface area contributed by atoms with Gasteiger partial charge in [0.05, 0.1) is 16.6 Å². The number of nitrogens with zero attached hydrogens (tertiary/aromatic N) is 1. The third kappa shape index (κ3) is 2.76. The van der Waals surface area contributed by atoms with Gasteiger partial charge in [-0.3, -0.25) is 0 Å². The van der Waals surface area contributed by atoms with Gasteiger partial charge in [0.2, 0.25) is 0 Å². The van der Waals surface area contributed by atoms with Gasteiger partial charge in [-0.15, -0.1) is 0 Å². The Morgan fingerprint density at radius 1 is 1.14 bits per heavy atom. The minimum atomic E-state index is -4.39. The van der Waals surface area contributed by atoms with Crippen molar-refractivity contribution in [2.24, 2.45) is 0 Å². The van der Waals surface area contributed by atoms with Gasteiger partial charge >= 0.3 is 6.18 Å². The van der Waals surface area contributed by atoms with Crippen molar-refractivity contribution in [2.75, 3.05) is 5.48 Å². The quantitative estimate of drug-likeness (QED) is 0.718. The lowest BCUT2D eigenvalue weighted by molar-refractivity contribution is -0.137. The third-order valence-electron chi connectivity index (χ3n) is 2.89. The topological polar surface area (TPSA) is 49.9 Å². The Morgan fingerprint density at radius 2 is 2.00 bits per heavy atom. The fraction of sp³-hybridized carbons (Fsp3) is 0.0714. The van der Waals surface area contributed by atoms with Gasteiger partial charge < -0.3 is 9.82 Å². The summed E-state index contributed by atoms with van der Waals surface area (Å²) in [6.45, 7) is 0. The summed E-state index contributed by atoms with van der Waals surface area (Å²) in [5.74, 6) is 0.471. The Bertz CT molecular complexity index is 767. The van der Waals surface area contributed by atoms with Crippen molar-refractivity contribution in [1.82, 2.24) is 9.97 Å². The molecule has 7 heteroatoms. The van der Waals surface area contributed by atoms with Gasteiger partial charge in [-0.05, 0) is 24.3 Å². The zero-order valence-electron chi connectivity index (χ0n) is 10.6. The van der Waals surface area contributed by atoms with Crippen LogP contribution in [0.5, 0.6) is 5.75 Å². The van der Waals surface area contributed by atoms with Crippen LogP contribution in [0.4, 0.5) is 18.9 Å². The minimum Gasteiger partial charge on any atom is -0.381 e. The fourth-order valence-electron chi connectivity index (χ4n) is 1.90. The van der Waals surface area contributed by atoms with Crippen LogP contribution in [0.2, 0.25) is 0 Å². The number of benzene rings is 1. The van der Waals surface area contributed by atoms with Gasteiger partial charge in [-0.1, -0.05) is 6.07 Å². The molecule has 0 saturated carbocycles. The van der Waals surface area contributed by atoms with E-state index in [2.05, 4.69) is 15.4 Å². The van der Waals surface area contributed by atoms with Gasteiger partial charge in [0.15, 0.2) is 5.75 Å². The maximum absolute atomic E-state index is 12.6. The number of nitrogens with one attached hydrogen (secondary N) is 2. The number of anilines is 1. The highest BCUT2D eigenvalue weighted by Crippen LogP contribution is 2.31. The van der Waals surface area contributed by atoms with Crippen LogP contribution in [0.1, 0.15) is 5.56 Å². The predicted molar refractivity (Wildman–Crippen MR) is 71.8 cm³/mol. The number of hydrogen-bond acceptors (Lipinski definition) is 3. The first-order valence-electron chi connectivity index (χ1n) is 6.06. The summed E-state index contributed by atoms with van der Waals surface area (Å²) in [6.07, 6.45) is -1.14. The Morgan fingerprint density at radius 3 is 2.81 bits per heavy atom. The largest absolute Gasteiger partial charge is 0.416 e. The molecule has 3 aromatic rings. The molecule has 0 saturated heterocycles. The first-order chi connectivity index (χ1) is 10.0. The Labute approximate surface area is 117 Å². The van der Waals surface area contributed by atoms with E-state index in [1.54, 1.807) is 24.5 Å². The van der Waals surface area contributed by atoms with E-state index >= 15 is 0 Å². The fourth-order valence-corrected chi connectivity index (χ4v) is 1.90. The number of alkyl halides is 3. The van der Waals surface area contributed by atoms with E-state index in [4.69, 9.17) is 4.84 Å². The zero-order valence-corrected chi connectivity index (χ0v) is 10.6. The van der Waals surface area contributed by atoms with E-state index in [9.17, 15) is 13.2 Å². The SMILES string of the molecule is FC(F)(F)c1cccc(NOc2ccnc3[nH]ccc23)c1. The van der Waals surface area contributed by atoms with Crippen LogP contribution in [-0.4, -0.2) is 9.97 Å². The predicted octanol–water partition coefficient (Wildman–Crippen LogP) is 3.99. The molecule has 0 aliphatic carbocycles. The number of fused-ring (bicyclic) bond motifs is 1. The Hall–Kier alpha value is -2.70. The first-order valence-corrected chi connectivity index (χ1v) is 6.06. The molecule has 2 aromatic heterocycles. The van der Waals surface area contributed by atoms with Crippen molar-refractivity contribution >= 4 is 16.7 Å². The maximum atomic E-state index is 12.6. The van der Waals surface area contributed by atoms with Crippen molar-refractivity contribution in [3.63, 3.8) is 0 Å². The molecule has 1 aromatic carbocycles. The molecular weight excluding hydrogens is 283 g/mol. The number of aromatic nitrogens is 2. The summed E-state index contributed by atoms with van der Waals surface area (Å²) in [7, 11) is 0. The molecule has 0 bridgehead atoms. The number of pyridine rings is 1. The summed E-state index contributed by atoms with van der Waals surface area (Å²) in [5, 5.41) is 0.733. The van der Waals surface area contributed by atoms with Crippen LogP contribution in [0.3, 0.4) is 0 Å². The molecule has 0 radical (unpaired) electrons. The van der Waals surface area contributed by atoms with Gasteiger partial charge in [0, 0.05) is 18.5 Å². The highest BCUT2D eigenvalue weighted by Gasteiger charge is 2.30. The Kier molecular flexibility index (Phi) is 3.17. The van der Waals surface area contributed by atoms with Crippen molar-refractivity contribution in [1.29, 1.82) is 0 Å². The van der Waals surface area contributed by atoms with Crippen LogP contribution in [-0.2, 0) is 6.18 Å².